The molecule has 0 aliphatic rings. The number of thioether (sulfide) groups is 1. The Balaban J connectivity index is 1.52. The molecule has 3 rings (SSSR count). The number of nitrogens with one attached hydrogen (secondary N) is 2. The number of sulfonamides is 1. The molecule has 2 aromatic carbocycles. The largest absolute Gasteiger partial charge is 0.326 e. The summed E-state index contributed by atoms with van der Waals surface area (Å²) < 4.78 is 37.1. The number of amides is 2. The van der Waals surface area contributed by atoms with Crippen molar-refractivity contribution in [2.45, 2.75) is 16.5 Å². The number of carbonyl (C=O) groups is 2. The van der Waals surface area contributed by atoms with Crippen molar-refractivity contribution >= 4 is 45.0 Å². The van der Waals surface area contributed by atoms with E-state index in [1.54, 1.807) is 11.6 Å². The van der Waals surface area contributed by atoms with E-state index in [2.05, 4.69) is 20.8 Å². The van der Waals surface area contributed by atoms with E-state index >= 15 is 0 Å². The number of anilines is 2. The third kappa shape index (κ3) is 6.35. The summed E-state index contributed by atoms with van der Waals surface area (Å²) in [6.45, 7) is 0. The van der Waals surface area contributed by atoms with Crippen LogP contribution in [-0.2, 0) is 33.1 Å². The third-order valence-electron chi connectivity index (χ3n) is 4.17. The zero-order valence-corrected chi connectivity index (χ0v) is 18.4. The summed E-state index contributed by atoms with van der Waals surface area (Å²) in [4.78, 5) is 24.3. The number of halogens is 1. The van der Waals surface area contributed by atoms with Crippen molar-refractivity contribution in [2.24, 2.45) is 12.2 Å². The number of benzene rings is 2. The van der Waals surface area contributed by atoms with Crippen LogP contribution in [0.4, 0.5) is 15.8 Å². The first-order valence-corrected chi connectivity index (χ1v) is 11.6. The van der Waals surface area contributed by atoms with Gasteiger partial charge in [-0.15, -0.1) is 10.2 Å². The summed E-state index contributed by atoms with van der Waals surface area (Å²) >= 11 is 1.12. The Bertz CT molecular complexity index is 1230. The molecule has 168 valence electrons. The van der Waals surface area contributed by atoms with Gasteiger partial charge in [-0.3, -0.25) is 9.59 Å². The second kappa shape index (κ2) is 9.89. The lowest BCUT2D eigenvalue weighted by Gasteiger charge is -2.07. The molecule has 1 heterocycles. The summed E-state index contributed by atoms with van der Waals surface area (Å²) in [5.41, 5.74) is 0.876. The fourth-order valence-electron chi connectivity index (χ4n) is 2.56. The van der Waals surface area contributed by atoms with Gasteiger partial charge in [-0.2, -0.15) is 0 Å². The van der Waals surface area contributed by atoms with Crippen molar-refractivity contribution in [2.75, 3.05) is 16.4 Å². The van der Waals surface area contributed by atoms with E-state index in [1.807, 2.05) is 0 Å². The van der Waals surface area contributed by atoms with Gasteiger partial charge in [0.25, 0.3) is 0 Å². The van der Waals surface area contributed by atoms with Crippen LogP contribution in [0.3, 0.4) is 0 Å². The molecule has 3 aromatic rings. The smallest absolute Gasteiger partial charge is 0.238 e. The number of hydrogen-bond acceptors (Lipinski definition) is 7. The second-order valence-corrected chi connectivity index (χ2v) is 9.10. The predicted octanol–water partition coefficient (Wildman–Crippen LogP) is 1.51. The number of nitrogens with two attached hydrogens (primary N) is 1. The van der Waals surface area contributed by atoms with Gasteiger partial charge < -0.3 is 15.2 Å². The molecule has 0 radical (unpaired) electrons. The molecule has 10 nitrogen and oxygen atoms in total. The van der Waals surface area contributed by atoms with Gasteiger partial charge in [-0.25, -0.2) is 17.9 Å². The molecule has 0 atom stereocenters. The highest BCUT2D eigenvalue weighted by Gasteiger charge is 2.15. The van der Waals surface area contributed by atoms with Crippen LogP contribution >= 0.6 is 11.8 Å². The van der Waals surface area contributed by atoms with E-state index in [4.69, 9.17) is 5.14 Å². The second-order valence-electron chi connectivity index (χ2n) is 6.60. The predicted molar refractivity (Wildman–Crippen MR) is 117 cm³/mol. The maximum Gasteiger partial charge on any atom is 0.238 e. The van der Waals surface area contributed by atoms with Gasteiger partial charge in [-0.1, -0.05) is 11.8 Å². The molecule has 0 aliphatic heterocycles. The molecule has 2 amide bonds. The number of primary sulfonamides is 1. The highest BCUT2D eigenvalue weighted by molar-refractivity contribution is 7.99. The van der Waals surface area contributed by atoms with Gasteiger partial charge in [0, 0.05) is 18.4 Å². The molecule has 13 heteroatoms. The average molecular weight is 479 g/mol. The maximum absolute atomic E-state index is 12.9. The summed E-state index contributed by atoms with van der Waals surface area (Å²) in [6, 6.07) is 10.8. The van der Waals surface area contributed by atoms with Gasteiger partial charge in [0.1, 0.15) is 11.6 Å². The summed E-state index contributed by atoms with van der Waals surface area (Å²) in [5.74, 6) is -0.667. The van der Waals surface area contributed by atoms with Crippen LogP contribution in [0.5, 0.6) is 0 Å². The molecule has 0 unspecified atom stereocenters. The van der Waals surface area contributed by atoms with Crippen LogP contribution in [-0.4, -0.2) is 40.7 Å². The molecule has 0 bridgehead atoms. The van der Waals surface area contributed by atoms with Gasteiger partial charge in [0.2, 0.25) is 21.8 Å². The van der Waals surface area contributed by atoms with E-state index in [0.717, 1.165) is 11.8 Å². The van der Waals surface area contributed by atoms with Gasteiger partial charge in [0.15, 0.2) is 5.16 Å². The van der Waals surface area contributed by atoms with Crippen molar-refractivity contribution in [1.29, 1.82) is 0 Å². The Hall–Kier alpha value is -3.29. The average Bonchev–Trinajstić information content (AvgIpc) is 3.07. The lowest BCUT2D eigenvalue weighted by atomic mass is 10.3. The van der Waals surface area contributed by atoms with Crippen molar-refractivity contribution < 1.29 is 22.4 Å². The van der Waals surface area contributed by atoms with E-state index in [0.29, 0.717) is 22.4 Å². The zero-order valence-electron chi connectivity index (χ0n) is 16.8. The van der Waals surface area contributed by atoms with Gasteiger partial charge >= 0.3 is 0 Å². The number of hydrogen-bond donors (Lipinski definition) is 3. The van der Waals surface area contributed by atoms with Crippen LogP contribution in [0, 0.1) is 5.82 Å². The number of nitrogens with zero attached hydrogens (tertiary/aromatic N) is 3. The van der Waals surface area contributed by atoms with Crippen LogP contribution in [0.2, 0.25) is 0 Å². The topological polar surface area (TPSA) is 149 Å². The van der Waals surface area contributed by atoms with Gasteiger partial charge in [0.05, 0.1) is 17.1 Å². The molecule has 0 fully saturated rings. The van der Waals surface area contributed by atoms with Crippen molar-refractivity contribution in [3.8, 4) is 0 Å². The highest BCUT2D eigenvalue weighted by Crippen LogP contribution is 2.18. The van der Waals surface area contributed by atoms with E-state index in [-0.39, 0.29) is 28.9 Å². The molecule has 0 spiro atoms. The van der Waals surface area contributed by atoms with Crippen molar-refractivity contribution in [3.63, 3.8) is 0 Å². The zero-order chi connectivity index (χ0) is 23.3. The number of aromatic nitrogens is 3. The molecule has 0 saturated carbocycles. The van der Waals surface area contributed by atoms with Crippen LogP contribution in [0.25, 0.3) is 0 Å². The first kappa shape index (κ1) is 23.4. The quantitative estimate of drug-likeness (QED) is 0.416. The minimum absolute atomic E-state index is 0.0185. The standard InChI is InChI=1S/C19H19FN6O4S2/c1-26-16(10-17(27)22-13-4-2-12(20)3-5-13)24-25-19(26)31-11-18(28)23-14-6-8-15(9-7-14)32(21,29)30/h2-9H,10-11H2,1H3,(H,22,27)(H,23,28)(H2,21,29,30). The molecule has 0 saturated heterocycles. The number of rotatable bonds is 8. The Labute approximate surface area is 187 Å². The van der Waals surface area contributed by atoms with E-state index < -0.39 is 15.8 Å². The third-order valence-corrected chi connectivity index (χ3v) is 6.12. The SMILES string of the molecule is Cn1c(CC(=O)Nc2ccc(F)cc2)nnc1SCC(=O)Nc1ccc(S(N)(=O)=O)cc1. The fourth-order valence-corrected chi connectivity index (χ4v) is 3.81. The van der Waals surface area contributed by atoms with Crippen molar-refractivity contribution in [3.05, 3.63) is 60.2 Å². The minimum atomic E-state index is -3.80. The molecular formula is C19H19FN6O4S2. The Morgan fingerprint density at radius 2 is 1.56 bits per heavy atom. The Morgan fingerprint density at radius 3 is 2.16 bits per heavy atom. The van der Waals surface area contributed by atoms with E-state index in [1.165, 1.54) is 48.5 Å². The van der Waals surface area contributed by atoms with Crippen LogP contribution in [0.1, 0.15) is 5.82 Å². The van der Waals surface area contributed by atoms with Crippen LogP contribution < -0.4 is 15.8 Å². The first-order valence-electron chi connectivity index (χ1n) is 9.11. The maximum atomic E-state index is 12.9. The van der Waals surface area contributed by atoms with E-state index in [9.17, 15) is 22.4 Å². The molecule has 0 aliphatic carbocycles. The monoisotopic (exact) mass is 478 g/mol. The van der Waals surface area contributed by atoms with Crippen LogP contribution in [0.15, 0.2) is 58.6 Å². The normalized spacial score (nSPS) is 11.2. The minimum Gasteiger partial charge on any atom is -0.326 e. The van der Waals surface area contributed by atoms with Crippen molar-refractivity contribution in [1.82, 2.24) is 14.8 Å². The lowest BCUT2D eigenvalue weighted by Crippen LogP contribution is -2.17. The summed E-state index contributed by atoms with van der Waals surface area (Å²) in [6.07, 6.45) is -0.0516. The Morgan fingerprint density at radius 1 is 1.00 bits per heavy atom. The highest BCUT2D eigenvalue weighted by atomic mass is 32.2. The summed E-state index contributed by atoms with van der Waals surface area (Å²) in [7, 11) is -2.13. The summed E-state index contributed by atoms with van der Waals surface area (Å²) in [5, 5.41) is 18.7. The fraction of sp³-hybridized carbons (Fsp3) is 0.158. The molecule has 4 N–H and O–H groups in total. The molecule has 32 heavy (non-hydrogen) atoms. The molecule has 1 aromatic heterocycles. The lowest BCUT2D eigenvalue weighted by molar-refractivity contribution is -0.116. The molecular weight excluding hydrogens is 459 g/mol. The van der Waals surface area contributed by atoms with Gasteiger partial charge in [-0.05, 0) is 48.5 Å². The number of carbonyl (C=O) groups excluding carboxylic acids is 2. The Kier molecular flexibility index (Phi) is 7.22. The first-order chi connectivity index (χ1) is 15.1.